The van der Waals surface area contributed by atoms with Crippen LogP contribution in [-0.2, 0) is 6.18 Å². The summed E-state index contributed by atoms with van der Waals surface area (Å²) in [6, 6.07) is 7.27. The lowest BCUT2D eigenvalue weighted by atomic mass is 10.0. The molecule has 33 heavy (non-hydrogen) atoms. The van der Waals surface area contributed by atoms with Crippen molar-refractivity contribution in [1.82, 2.24) is 9.80 Å². The van der Waals surface area contributed by atoms with E-state index in [2.05, 4.69) is 0 Å². The van der Waals surface area contributed by atoms with E-state index < -0.39 is 23.5 Å². The zero-order valence-electron chi connectivity index (χ0n) is 18.7. The number of carbonyl (C=O) groups excluding carboxylic acids is 1. The van der Waals surface area contributed by atoms with E-state index in [0.29, 0.717) is 22.6 Å². The summed E-state index contributed by atoms with van der Waals surface area (Å²) < 4.78 is 54.1. The molecule has 176 valence electrons. The van der Waals surface area contributed by atoms with Gasteiger partial charge in [0.15, 0.2) is 0 Å². The van der Waals surface area contributed by atoms with Crippen LogP contribution in [0.1, 0.15) is 35.3 Å². The minimum absolute atomic E-state index is 0.0627. The van der Waals surface area contributed by atoms with Gasteiger partial charge in [0.1, 0.15) is 12.5 Å². The molecule has 0 bridgehead atoms. The Morgan fingerprint density at radius 1 is 1.18 bits per heavy atom. The fourth-order valence-corrected chi connectivity index (χ4v) is 3.88. The van der Waals surface area contributed by atoms with Crippen molar-refractivity contribution in [2.24, 2.45) is 0 Å². The van der Waals surface area contributed by atoms with Crippen molar-refractivity contribution in [2.75, 3.05) is 24.6 Å². The van der Waals surface area contributed by atoms with E-state index in [4.69, 9.17) is 11.6 Å². The number of halogens is 5. The normalized spacial score (nSPS) is 15.1. The largest absolute Gasteiger partial charge is 0.416 e. The molecule has 1 heterocycles. The standard InChI is InChI=1S/C24H24ClF4N3O/c1-5-6-21(16(3)30(4)13-25)32-14-31(20-10-8-18(26)11-15(20)2)22-12-17(24(27,28)29)7-9-19(22)23(32)33/h5-12H,13-14H2,1-4H3/b6-5-,21-16+. The second kappa shape index (κ2) is 9.47. The number of allylic oxidation sites excluding steroid dienone is 3. The summed E-state index contributed by atoms with van der Waals surface area (Å²) in [6.45, 7) is 5.21. The van der Waals surface area contributed by atoms with Crippen LogP contribution in [0, 0.1) is 12.7 Å². The summed E-state index contributed by atoms with van der Waals surface area (Å²) >= 11 is 5.98. The highest BCUT2D eigenvalue weighted by Crippen LogP contribution is 2.41. The van der Waals surface area contributed by atoms with E-state index in [-0.39, 0.29) is 23.9 Å². The number of hydrogen-bond donors (Lipinski definition) is 0. The molecule has 2 aromatic rings. The molecule has 1 aliphatic heterocycles. The first kappa shape index (κ1) is 24.6. The number of benzene rings is 2. The Morgan fingerprint density at radius 2 is 1.88 bits per heavy atom. The van der Waals surface area contributed by atoms with Gasteiger partial charge in [-0.2, -0.15) is 13.2 Å². The predicted octanol–water partition coefficient (Wildman–Crippen LogP) is 6.64. The van der Waals surface area contributed by atoms with Crippen LogP contribution in [-0.4, -0.2) is 35.4 Å². The number of amides is 1. The average Bonchev–Trinajstić information content (AvgIpc) is 2.76. The Hall–Kier alpha value is -3.00. The summed E-state index contributed by atoms with van der Waals surface area (Å²) in [5, 5.41) is 0. The number of anilines is 2. The quantitative estimate of drug-likeness (QED) is 0.207. The molecular weight excluding hydrogens is 458 g/mol. The third-order valence-electron chi connectivity index (χ3n) is 5.56. The number of alkyl halides is 4. The highest BCUT2D eigenvalue weighted by Gasteiger charge is 2.37. The second-order valence-corrected chi connectivity index (χ2v) is 7.99. The SMILES string of the molecule is C/C=C\C(=C(\C)N(C)CCl)N1CN(c2ccc(F)cc2C)c2cc(C(F)(F)F)ccc2C1=O. The molecule has 0 N–H and O–H groups in total. The van der Waals surface area contributed by atoms with E-state index >= 15 is 0 Å². The molecule has 0 aromatic heterocycles. The van der Waals surface area contributed by atoms with E-state index in [0.717, 1.165) is 12.1 Å². The molecule has 0 saturated carbocycles. The first-order valence-corrected chi connectivity index (χ1v) is 10.7. The van der Waals surface area contributed by atoms with Crippen molar-refractivity contribution in [3.8, 4) is 0 Å². The van der Waals surface area contributed by atoms with Gasteiger partial charge >= 0.3 is 6.18 Å². The molecule has 0 radical (unpaired) electrons. The van der Waals surface area contributed by atoms with Crippen molar-refractivity contribution < 1.29 is 22.4 Å². The first-order valence-electron chi connectivity index (χ1n) is 10.2. The molecule has 1 amide bonds. The van der Waals surface area contributed by atoms with Gasteiger partial charge in [0, 0.05) is 18.4 Å². The van der Waals surface area contributed by atoms with Crippen LogP contribution in [0.25, 0.3) is 0 Å². The maximum atomic E-state index is 13.8. The molecule has 0 saturated heterocycles. The van der Waals surface area contributed by atoms with Crippen molar-refractivity contribution in [3.05, 3.63) is 82.5 Å². The van der Waals surface area contributed by atoms with E-state index in [1.54, 1.807) is 49.8 Å². The zero-order chi connectivity index (χ0) is 24.5. The fourth-order valence-electron chi connectivity index (χ4n) is 3.70. The lowest BCUT2D eigenvalue weighted by molar-refractivity contribution is -0.137. The predicted molar refractivity (Wildman–Crippen MR) is 122 cm³/mol. The average molecular weight is 482 g/mol. The molecule has 9 heteroatoms. The van der Waals surface area contributed by atoms with Crippen LogP contribution in [0.15, 0.2) is 59.9 Å². The summed E-state index contributed by atoms with van der Waals surface area (Å²) in [5.41, 5.74) is 1.65. The van der Waals surface area contributed by atoms with Gasteiger partial charge in [0.25, 0.3) is 5.91 Å². The molecule has 0 aliphatic carbocycles. The van der Waals surface area contributed by atoms with Crippen molar-refractivity contribution >= 4 is 28.9 Å². The zero-order valence-corrected chi connectivity index (χ0v) is 19.4. The third-order valence-corrected chi connectivity index (χ3v) is 5.92. The highest BCUT2D eigenvalue weighted by atomic mass is 35.5. The monoisotopic (exact) mass is 481 g/mol. The molecule has 0 spiro atoms. The number of fused-ring (bicyclic) bond motifs is 1. The van der Waals surface area contributed by atoms with Crippen LogP contribution in [0.5, 0.6) is 0 Å². The van der Waals surface area contributed by atoms with Crippen LogP contribution >= 0.6 is 11.6 Å². The summed E-state index contributed by atoms with van der Waals surface area (Å²) in [4.78, 5) is 18.3. The van der Waals surface area contributed by atoms with Gasteiger partial charge < -0.3 is 9.80 Å². The van der Waals surface area contributed by atoms with Crippen molar-refractivity contribution in [1.29, 1.82) is 0 Å². The van der Waals surface area contributed by atoms with Crippen molar-refractivity contribution in [3.63, 3.8) is 0 Å². The van der Waals surface area contributed by atoms with Gasteiger partial charge in [-0.05, 0) is 68.8 Å². The van der Waals surface area contributed by atoms with Crippen molar-refractivity contribution in [2.45, 2.75) is 26.9 Å². The minimum Gasteiger partial charge on any atom is -0.363 e. The van der Waals surface area contributed by atoms with Gasteiger partial charge in [0.05, 0.1) is 28.5 Å². The molecule has 0 atom stereocenters. The second-order valence-electron chi connectivity index (χ2n) is 7.75. The van der Waals surface area contributed by atoms with Crippen LogP contribution < -0.4 is 4.90 Å². The number of carbonyl (C=O) groups is 1. The van der Waals surface area contributed by atoms with E-state index in [9.17, 15) is 22.4 Å². The van der Waals surface area contributed by atoms with Gasteiger partial charge in [-0.1, -0.05) is 6.08 Å². The summed E-state index contributed by atoms with van der Waals surface area (Å²) in [5.74, 6) is -0.898. The fraction of sp³-hybridized carbons (Fsp3) is 0.292. The molecule has 1 aliphatic rings. The Morgan fingerprint density at radius 3 is 2.45 bits per heavy atom. The molecule has 2 aromatic carbocycles. The maximum Gasteiger partial charge on any atom is 0.416 e. The number of rotatable bonds is 5. The van der Waals surface area contributed by atoms with Crippen LogP contribution in [0.3, 0.4) is 0 Å². The smallest absolute Gasteiger partial charge is 0.363 e. The van der Waals surface area contributed by atoms with E-state index in [1.807, 2.05) is 0 Å². The van der Waals surface area contributed by atoms with Crippen LogP contribution in [0.2, 0.25) is 0 Å². The number of hydrogen-bond acceptors (Lipinski definition) is 3. The van der Waals surface area contributed by atoms with Gasteiger partial charge in [-0.25, -0.2) is 4.39 Å². The first-order chi connectivity index (χ1) is 15.5. The highest BCUT2D eigenvalue weighted by molar-refractivity contribution is 6.17. The molecule has 4 nitrogen and oxygen atoms in total. The Kier molecular flexibility index (Phi) is 7.07. The Balaban J connectivity index is 2.26. The van der Waals surface area contributed by atoms with E-state index in [1.165, 1.54) is 29.2 Å². The number of nitrogens with zero attached hydrogens (tertiary/aromatic N) is 3. The number of aryl methyl sites for hydroxylation is 1. The van der Waals surface area contributed by atoms with Gasteiger partial charge in [-0.3, -0.25) is 9.69 Å². The minimum atomic E-state index is -4.58. The lowest BCUT2D eigenvalue weighted by Crippen LogP contribution is -2.45. The molecule has 0 fully saturated rings. The maximum absolute atomic E-state index is 13.8. The summed E-state index contributed by atoms with van der Waals surface area (Å²) in [6.07, 6.45) is -1.06. The Labute approximate surface area is 195 Å². The lowest BCUT2D eigenvalue weighted by Gasteiger charge is -2.40. The molecule has 3 rings (SSSR count). The van der Waals surface area contributed by atoms with Gasteiger partial charge in [0.2, 0.25) is 0 Å². The molecule has 0 unspecified atom stereocenters. The van der Waals surface area contributed by atoms with Crippen LogP contribution in [0.4, 0.5) is 28.9 Å². The van der Waals surface area contributed by atoms with Gasteiger partial charge in [-0.15, -0.1) is 11.6 Å². The Bertz CT molecular complexity index is 1130. The summed E-state index contributed by atoms with van der Waals surface area (Å²) in [7, 11) is 1.77. The molecular formula is C24H24ClF4N3O. The topological polar surface area (TPSA) is 26.8 Å². The third kappa shape index (κ3) is 4.85.